The first kappa shape index (κ1) is 15.4. The second kappa shape index (κ2) is 5.45. The van der Waals surface area contributed by atoms with E-state index in [-0.39, 0.29) is 5.56 Å². The molecule has 0 aliphatic rings. The predicted octanol–water partition coefficient (Wildman–Crippen LogP) is 3.85. The van der Waals surface area contributed by atoms with Gasteiger partial charge in [0.1, 0.15) is 23.0 Å². The highest BCUT2D eigenvalue weighted by atomic mass is 19.1. The van der Waals surface area contributed by atoms with Crippen molar-refractivity contribution in [1.82, 2.24) is 0 Å². The normalized spacial score (nSPS) is 13.9. The third kappa shape index (κ3) is 2.76. The maximum atomic E-state index is 13.4. The van der Waals surface area contributed by atoms with E-state index in [1.54, 1.807) is 6.07 Å². The van der Waals surface area contributed by atoms with Crippen LogP contribution in [-0.4, -0.2) is 12.2 Å². The molecule has 0 radical (unpaired) electrons. The van der Waals surface area contributed by atoms with E-state index in [1.807, 2.05) is 19.9 Å². The summed E-state index contributed by atoms with van der Waals surface area (Å²) in [7, 11) is 1.51. The molecule has 0 heterocycles. The maximum Gasteiger partial charge on any atom is 0.128 e. The molecule has 1 unspecified atom stereocenters. The molecule has 112 valence electrons. The zero-order valence-corrected chi connectivity index (χ0v) is 12.5. The van der Waals surface area contributed by atoms with Crippen molar-refractivity contribution in [3.8, 4) is 5.75 Å². The Labute approximate surface area is 123 Å². The number of halogens is 2. The SMILES string of the molecule is COc1c(C(C)(O)c2cc(F)cc(F)c2)ccc(C)c1C. The van der Waals surface area contributed by atoms with Crippen LogP contribution in [0.1, 0.15) is 29.2 Å². The molecule has 0 aliphatic carbocycles. The Balaban J connectivity index is 2.66. The van der Waals surface area contributed by atoms with Crippen molar-refractivity contribution in [3.05, 3.63) is 64.2 Å². The van der Waals surface area contributed by atoms with Gasteiger partial charge in [0.25, 0.3) is 0 Å². The molecule has 0 spiro atoms. The molecule has 1 atom stereocenters. The van der Waals surface area contributed by atoms with Crippen LogP contribution in [-0.2, 0) is 5.60 Å². The first-order valence-electron chi connectivity index (χ1n) is 6.61. The highest BCUT2D eigenvalue weighted by molar-refractivity contribution is 5.51. The van der Waals surface area contributed by atoms with E-state index in [9.17, 15) is 13.9 Å². The fourth-order valence-electron chi connectivity index (χ4n) is 2.43. The van der Waals surface area contributed by atoms with Gasteiger partial charge in [-0.05, 0) is 49.6 Å². The topological polar surface area (TPSA) is 29.5 Å². The van der Waals surface area contributed by atoms with Crippen molar-refractivity contribution in [3.63, 3.8) is 0 Å². The fourth-order valence-corrected chi connectivity index (χ4v) is 2.43. The van der Waals surface area contributed by atoms with Crippen molar-refractivity contribution < 1.29 is 18.6 Å². The first-order valence-corrected chi connectivity index (χ1v) is 6.61. The third-order valence-electron chi connectivity index (χ3n) is 3.83. The van der Waals surface area contributed by atoms with Gasteiger partial charge >= 0.3 is 0 Å². The van der Waals surface area contributed by atoms with E-state index >= 15 is 0 Å². The Hall–Kier alpha value is -1.94. The Morgan fingerprint density at radius 3 is 2.14 bits per heavy atom. The Morgan fingerprint density at radius 2 is 1.62 bits per heavy atom. The summed E-state index contributed by atoms with van der Waals surface area (Å²) in [5, 5.41) is 10.8. The predicted molar refractivity (Wildman–Crippen MR) is 77.5 cm³/mol. The largest absolute Gasteiger partial charge is 0.496 e. The third-order valence-corrected chi connectivity index (χ3v) is 3.83. The van der Waals surface area contributed by atoms with E-state index in [0.717, 1.165) is 29.3 Å². The Bertz CT molecular complexity index is 658. The van der Waals surface area contributed by atoms with E-state index in [4.69, 9.17) is 4.74 Å². The van der Waals surface area contributed by atoms with Crippen molar-refractivity contribution in [2.45, 2.75) is 26.4 Å². The highest BCUT2D eigenvalue weighted by Gasteiger charge is 2.31. The van der Waals surface area contributed by atoms with Gasteiger partial charge in [0.15, 0.2) is 0 Å². The molecule has 0 saturated heterocycles. The molecule has 2 rings (SSSR count). The molecule has 0 amide bonds. The molecule has 0 aliphatic heterocycles. The Kier molecular flexibility index (Phi) is 4.01. The van der Waals surface area contributed by atoms with E-state index < -0.39 is 17.2 Å². The molecule has 1 N–H and O–H groups in total. The van der Waals surface area contributed by atoms with Crippen LogP contribution in [0, 0.1) is 25.5 Å². The van der Waals surface area contributed by atoms with Crippen LogP contribution in [0.2, 0.25) is 0 Å². The molecule has 2 aromatic carbocycles. The molecule has 0 aromatic heterocycles. The summed E-state index contributed by atoms with van der Waals surface area (Å²) in [5.41, 5.74) is 0.941. The lowest BCUT2D eigenvalue weighted by molar-refractivity contribution is 0.0980. The summed E-state index contributed by atoms with van der Waals surface area (Å²) < 4.78 is 32.2. The maximum absolute atomic E-state index is 13.4. The van der Waals surface area contributed by atoms with Crippen molar-refractivity contribution in [1.29, 1.82) is 0 Å². The summed E-state index contributed by atoms with van der Waals surface area (Å²) in [4.78, 5) is 0. The Morgan fingerprint density at radius 1 is 1.05 bits per heavy atom. The second-order valence-electron chi connectivity index (χ2n) is 5.32. The minimum Gasteiger partial charge on any atom is -0.496 e. The van der Waals surface area contributed by atoms with Gasteiger partial charge in [-0.3, -0.25) is 0 Å². The second-order valence-corrected chi connectivity index (χ2v) is 5.32. The smallest absolute Gasteiger partial charge is 0.128 e. The number of hydrogen-bond donors (Lipinski definition) is 1. The van der Waals surface area contributed by atoms with Gasteiger partial charge in [0, 0.05) is 11.6 Å². The molecule has 0 fully saturated rings. The summed E-state index contributed by atoms with van der Waals surface area (Å²) in [6.45, 7) is 5.30. The number of methoxy groups -OCH3 is 1. The van der Waals surface area contributed by atoms with Crippen LogP contribution in [0.5, 0.6) is 5.75 Å². The van der Waals surface area contributed by atoms with E-state index in [1.165, 1.54) is 14.0 Å². The number of rotatable bonds is 3. The summed E-state index contributed by atoms with van der Waals surface area (Å²) in [6, 6.07) is 6.58. The lowest BCUT2D eigenvalue weighted by atomic mass is 9.85. The molecular formula is C17H18F2O2. The first-order chi connectivity index (χ1) is 9.77. The van der Waals surface area contributed by atoms with Crippen molar-refractivity contribution in [2.24, 2.45) is 0 Å². The number of ether oxygens (including phenoxy) is 1. The van der Waals surface area contributed by atoms with E-state index in [2.05, 4.69) is 0 Å². The molecule has 21 heavy (non-hydrogen) atoms. The zero-order valence-electron chi connectivity index (χ0n) is 12.5. The highest BCUT2D eigenvalue weighted by Crippen LogP contribution is 2.38. The van der Waals surface area contributed by atoms with Crippen LogP contribution in [0.25, 0.3) is 0 Å². The van der Waals surface area contributed by atoms with Crippen LogP contribution in [0.15, 0.2) is 30.3 Å². The van der Waals surface area contributed by atoms with Crippen LogP contribution in [0.3, 0.4) is 0 Å². The van der Waals surface area contributed by atoms with Gasteiger partial charge in [-0.1, -0.05) is 12.1 Å². The summed E-state index contributed by atoms with van der Waals surface area (Å²) in [6.07, 6.45) is 0. The molecule has 4 heteroatoms. The standard InChI is InChI=1S/C17H18F2O2/c1-10-5-6-15(16(21-4)11(10)2)17(3,20)12-7-13(18)9-14(19)8-12/h5-9,20H,1-4H3. The number of aryl methyl sites for hydroxylation is 1. The van der Waals surface area contributed by atoms with E-state index in [0.29, 0.717) is 11.3 Å². The van der Waals surface area contributed by atoms with Gasteiger partial charge in [-0.15, -0.1) is 0 Å². The van der Waals surface area contributed by atoms with Crippen molar-refractivity contribution in [2.75, 3.05) is 7.11 Å². The monoisotopic (exact) mass is 292 g/mol. The van der Waals surface area contributed by atoms with Gasteiger partial charge in [0.05, 0.1) is 7.11 Å². The fraction of sp³-hybridized carbons (Fsp3) is 0.294. The van der Waals surface area contributed by atoms with Crippen LogP contribution in [0.4, 0.5) is 8.78 Å². The zero-order chi connectivity index (χ0) is 15.8. The molecule has 2 nitrogen and oxygen atoms in total. The number of aliphatic hydroxyl groups is 1. The quantitative estimate of drug-likeness (QED) is 0.931. The minimum atomic E-state index is -1.56. The number of hydrogen-bond acceptors (Lipinski definition) is 2. The average Bonchev–Trinajstić information content (AvgIpc) is 2.40. The molecular weight excluding hydrogens is 274 g/mol. The van der Waals surface area contributed by atoms with Gasteiger partial charge in [-0.2, -0.15) is 0 Å². The average molecular weight is 292 g/mol. The minimum absolute atomic E-state index is 0.140. The van der Waals surface area contributed by atoms with Crippen LogP contribution < -0.4 is 4.74 Å². The molecule has 2 aromatic rings. The lowest BCUT2D eigenvalue weighted by Gasteiger charge is -2.28. The van der Waals surface area contributed by atoms with Gasteiger partial charge in [-0.25, -0.2) is 8.78 Å². The summed E-state index contributed by atoms with van der Waals surface area (Å²) >= 11 is 0. The van der Waals surface area contributed by atoms with Crippen LogP contribution >= 0.6 is 0 Å². The van der Waals surface area contributed by atoms with Crippen molar-refractivity contribution >= 4 is 0 Å². The summed E-state index contributed by atoms with van der Waals surface area (Å²) in [5.74, 6) is -0.939. The number of benzene rings is 2. The van der Waals surface area contributed by atoms with Gasteiger partial charge in [0.2, 0.25) is 0 Å². The lowest BCUT2D eigenvalue weighted by Crippen LogP contribution is -2.24. The molecule has 0 saturated carbocycles. The molecule has 0 bridgehead atoms. The van der Waals surface area contributed by atoms with Gasteiger partial charge < -0.3 is 9.84 Å².